The molecule has 0 radical (unpaired) electrons. The van der Waals surface area contributed by atoms with Crippen LogP contribution in [0.15, 0.2) is 35.8 Å². The Kier molecular flexibility index (Phi) is 4.22. The smallest absolute Gasteiger partial charge is 0.358 e. The van der Waals surface area contributed by atoms with Crippen LogP contribution in [0.5, 0.6) is 0 Å². The number of aromatic nitrogens is 2. The molecule has 7 heteroatoms. The van der Waals surface area contributed by atoms with Gasteiger partial charge in [0.05, 0.1) is 12.2 Å². The van der Waals surface area contributed by atoms with Crippen LogP contribution in [-0.4, -0.2) is 39.5 Å². The Morgan fingerprint density at radius 1 is 1.39 bits per heavy atom. The van der Waals surface area contributed by atoms with E-state index in [9.17, 15) is 9.59 Å². The van der Waals surface area contributed by atoms with E-state index >= 15 is 0 Å². The third kappa shape index (κ3) is 3.01. The second-order valence-electron chi connectivity index (χ2n) is 5.01. The summed E-state index contributed by atoms with van der Waals surface area (Å²) in [5.41, 5.74) is 1.45. The molecule has 0 spiro atoms. The van der Waals surface area contributed by atoms with E-state index in [0.717, 1.165) is 22.2 Å². The lowest BCUT2D eigenvalue weighted by molar-refractivity contribution is 0.0191. The largest absolute Gasteiger partial charge is 0.455 e. The second-order valence-corrected chi connectivity index (χ2v) is 5.87. The van der Waals surface area contributed by atoms with E-state index in [1.165, 1.54) is 5.38 Å². The number of ether oxygens (including phenoxy) is 1. The van der Waals surface area contributed by atoms with Crippen LogP contribution < -0.4 is 0 Å². The second kappa shape index (κ2) is 6.31. The molecular formula is C16H14N2O4S. The van der Waals surface area contributed by atoms with Crippen molar-refractivity contribution < 1.29 is 19.4 Å². The van der Waals surface area contributed by atoms with E-state index in [1.54, 1.807) is 13.1 Å². The maximum atomic E-state index is 12.6. The zero-order valence-corrected chi connectivity index (χ0v) is 13.1. The fourth-order valence-electron chi connectivity index (χ4n) is 2.13. The molecule has 3 rings (SSSR count). The van der Waals surface area contributed by atoms with Crippen molar-refractivity contribution >= 4 is 34.0 Å². The lowest BCUT2D eigenvalue weighted by atomic mass is 10.1. The summed E-state index contributed by atoms with van der Waals surface area (Å²) in [5, 5.41) is 11.4. The number of esters is 1. The van der Waals surface area contributed by atoms with Crippen molar-refractivity contribution in [2.45, 2.75) is 13.0 Å². The summed E-state index contributed by atoms with van der Waals surface area (Å²) in [7, 11) is 0. The number of aliphatic hydroxyl groups is 1. The molecule has 2 N–H and O–H groups in total. The molecule has 0 aliphatic rings. The van der Waals surface area contributed by atoms with Crippen LogP contribution in [0, 0.1) is 0 Å². The summed E-state index contributed by atoms with van der Waals surface area (Å²) in [6.45, 7) is 1.30. The molecule has 1 aromatic carbocycles. The van der Waals surface area contributed by atoms with Crippen molar-refractivity contribution in [3.05, 3.63) is 52.1 Å². The number of nitrogens with one attached hydrogen (secondary N) is 1. The van der Waals surface area contributed by atoms with E-state index in [1.807, 2.05) is 24.3 Å². The fraction of sp³-hybridized carbons (Fsp3) is 0.188. The van der Waals surface area contributed by atoms with Gasteiger partial charge in [0.25, 0.3) is 0 Å². The van der Waals surface area contributed by atoms with Gasteiger partial charge in [-0.15, -0.1) is 11.3 Å². The van der Waals surface area contributed by atoms with Gasteiger partial charge in [-0.2, -0.15) is 0 Å². The van der Waals surface area contributed by atoms with E-state index < -0.39 is 12.1 Å². The van der Waals surface area contributed by atoms with Crippen LogP contribution >= 0.6 is 11.3 Å². The number of fused-ring (bicyclic) bond motifs is 1. The molecule has 3 aromatic rings. The summed E-state index contributed by atoms with van der Waals surface area (Å²) in [4.78, 5) is 31.5. The first-order valence-electron chi connectivity index (χ1n) is 6.98. The number of aromatic amines is 1. The van der Waals surface area contributed by atoms with Gasteiger partial charge in [0.1, 0.15) is 6.10 Å². The number of ketones is 1. The summed E-state index contributed by atoms with van der Waals surface area (Å²) < 4.78 is 4.98. The van der Waals surface area contributed by atoms with Gasteiger partial charge in [-0.25, -0.2) is 9.78 Å². The molecule has 1 unspecified atom stereocenters. The van der Waals surface area contributed by atoms with Gasteiger partial charge >= 0.3 is 5.97 Å². The van der Waals surface area contributed by atoms with Gasteiger partial charge in [0, 0.05) is 22.5 Å². The summed E-state index contributed by atoms with van der Waals surface area (Å²) >= 11 is 1.09. The average molecular weight is 330 g/mol. The quantitative estimate of drug-likeness (QED) is 0.553. The third-order valence-corrected chi connectivity index (χ3v) is 4.15. The first-order valence-corrected chi connectivity index (χ1v) is 7.86. The van der Waals surface area contributed by atoms with E-state index in [-0.39, 0.29) is 23.1 Å². The highest BCUT2D eigenvalue weighted by atomic mass is 32.1. The minimum atomic E-state index is -0.652. The van der Waals surface area contributed by atoms with Crippen molar-refractivity contribution in [3.8, 4) is 0 Å². The van der Waals surface area contributed by atoms with Gasteiger partial charge in [-0.05, 0) is 13.0 Å². The van der Waals surface area contributed by atoms with Gasteiger partial charge in [-0.3, -0.25) is 4.79 Å². The van der Waals surface area contributed by atoms with Crippen LogP contribution in [0.1, 0.15) is 32.8 Å². The van der Waals surface area contributed by atoms with Crippen LogP contribution in [0.4, 0.5) is 0 Å². The normalized spacial score (nSPS) is 12.3. The van der Waals surface area contributed by atoms with Gasteiger partial charge in [0.2, 0.25) is 5.78 Å². The molecule has 0 aliphatic carbocycles. The first-order chi connectivity index (χ1) is 11.1. The van der Waals surface area contributed by atoms with Gasteiger partial charge in [-0.1, -0.05) is 18.2 Å². The number of para-hydroxylation sites is 1. The van der Waals surface area contributed by atoms with Crippen molar-refractivity contribution in [1.82, 2.24) is 9.97 Å². The predicted molar refractivity (Wildman–Crippen MR) is 85.8 cm³/mol. The number of hydrogen-bond acceptors (Lipinski definition) is 6. The number of carbonyl (C=O) groups is 2. The summed E-state index contributed by atoms with van der Waals surface area (Å²) in [5.74, 6) is -0.900. The number of hydrogen-bond donors (Lipinski definition) is 2. The molecule has 0 fully saturated rings. The van der Waals surface area contributed by atoms with Gasteiger partial charge < -0.3 is 14.8 Å². The maximum Gasteiger partial charge on any atom is 0.358 e. The topological polar surface area (TPSA) is 92.3 Å². The highest BCUT2D eigenvalue weighted by Gasteiger charge is 2.21. The average Bonchev–Trinajstić information content (AvgIpc) is 3.21. The molecule has 0 saturated heterocycles. The maximum absolute atomic E-state index is 12.6. The van der Waals surface area contributed by atoms with E-state index in [2.05, 4.69) is 9.97 Å². The molecule has 118 valence electrons. The Balaban J connectivity index is 1.85. The number of aliphatic hydroxyl groups excluding tert-OH is 1. The van der Waals surface area contributed by atoms with Crippen LogP contribution in [0.2, 0.25) is 0 Å². The molecular weight excluding hydrogens is 316 g/mol. The van der Waals surface area contributed by atoms with Crippen LogP contribution in [0.25, 0.3) is 10.9 Å². The Labute approximate surface area is 135 Å². The third-order valence-electron chi connectivity index (χ3n) is 3.31. The molecule has 1 atom stereocenters. The molecule has 23 heavy (non-hydrogen) atoms. The minimum absolute atomic E-state index is 0.0680. The Hall–Kier alpha value is -2.51. The monoisotopic (exact) mass is 330 g/mol. The molecule has 0 amide bonds. The Morgan fingerprint density at radius 2 is 2.17 bits per heavy atom. The zero-order valence-electron chi connectivity index (χ0n) is 12.3. The first kappa shape index (κ1) is 15.4. The lowest BCUT2D eigenvalue weighted by Crippen LogP contribution is -2.18. The number of H-pyrrole nitrogens is 1. The standard InChI is InChI=1S/C16H14N2O4S/c1-9(7-19)22-16(21)13-8-23-15(18-13)14(20)11-6-17-12-5-3-2-4-10(11)12/h2-6,8-9,17,19H,7H2,1H3. The van der Waals surface area contributed by atoms with E-state index in [4.69, 9.17) is 9.84 Å². The number of benzene rings is 1. The summed E-state index contributed by atoms with van der Waals surface area (Å²) in [6, 6.07) is 7.47. The Bertz CT molecular complexity index is 868. The molecule has 6 nitrogen and oxygen atoms in total. The van der Waals surface area contributed by atoms with Crippen molar-refractivity contribution in [3.63, 3.8) is 0 Å². The number of thiazole rings is 1. The molecule has 0 bridgehead atoms. The molecule has 2 heterocycles. The predicted octanol–water partition coefficient (Wildman–Crippen LogP) is 2.39. The Morgan fingerprint density at radius 3 is 2.96 bits per heavy atom. The SMILES string of the molecule is CC(CO)OC(=O)c1csc(C(=O)c2c[nH]c3ccccc23)n1. The lowest BCUT2D eigenvalue weighted by Gasteiger charge is -2.07. The van der Waals surface area contributed by atoms with Crippen molar-refractivity contribution in [2.24, 2.45) is 0 Å². The van der Waals surface area contributed by atoms with Crippen LogP contribution in [-0.2, 0) is 4.74 Å². The zero-order chi connectivity index (χ0) is 16.4. The molecule has 0 aliphatic heterocycles. The van der Waals surface area contributed by atoms with Gasteiger partial charge in [0.15, 0.2) is 10.7 Å². The highest BCUT2D eigenvalue weighted by molar-refractivity contribution is 7.12. The highest BCUT2D eigenvalue weighted by Crippen LogP contribution is 2.22. The molecule has 0 saturated carbocycles. The van der Waals surface area contributed by atoms with Crippen LogP contribution in [0.3, 0.4) is 0 Å². The number of nitrogens with zero attached hydrogens (tertiary/aromatic N) is 1. The summed E-state index contributed by atoms with van der Waals surface area (Å²) in [6.07, 6.45) is 1.03. The number of rotatable bonds is 5. The fourth-order valence-corrected chi connectivity index (χ4v) is 2.87. The van der Waals surface area contributed by atoms with Crippen molar-refractivity contribution in [2.75, 3.05) is 6.61 Å². The molecule has 2 aromatic heterocycles. The minimum Gasteiger partial charge on any atom is -0.455 e. The van der Waals surface area contributed by atoms with Crippen molar-refractivity contribution in [1.29, 1.82) is 0 Å². The van der Waals surface area contributed by atoms with E-state index in [0.29, 0.717) is 5.56 Å². The number of carbonyl (C=O) groups excluding carboxylic acids is 2.